The number of carboxylic acid groups (broad SMARTS) is 1. The Morgan fingerprint density at radius 3 is 2.68 bits per heavy atom. The van der Waals surface area contributed by atoms with Crippen molar-refractivity contribution in [2.75, 3.05) is 18.4 Å². The number of thiazole rings is 1. The minimum absolute atomic E-state index is 0.103. The van der Waals surface area contributed by atoms with Crippen molar-refractivity contribution >= 4 is 28.3 Å². The number of nitrogens with zero attached hydrogens (tertiary/aromatic N) is 2. The van der Waals surface area contributed by atoms with Crippen LogP contribution in [0, 0.1) is 5.92 Å². The fourth-order valence-electron chi connectivity index (χ4n) is 3.47. The van der Waals surface area contributed by atoms with Gasteiger partial charge in [-0.3, -0.25) is 15.0 Å². The first-order valence-corrected chi connectivity index (χ1v) is 9.93. The van der Waals surface area contributed by atoms with Gasteiger partial charge in [0.1, 0.15) is 5.00 Å². The Kier molecular flexibility index (Phi) is 4.64. The molecule has 0 aliphatic heterocycles. The highest BCUT2D eigenvalue weighted by Crippen LogP contribution is 2.43. The van der Waals surface area contributed by atoms with E-state index in [1.165, 1.54) is 24.2 Å². The van der Waals surface area contributed by atoms with Crippen LogP contribution in [0.1, 0.15) is 50.1 Å². The maximum atomic E-state index is 12.2. The van der Waals surface area contributed by atoms with E-state index in [1.807, 2.05) is 0 Å². The van der Waals surface area contributed by atoms with Gasteiger partial charge in [0.15, 0.2) is 0 Å². The van der Waals surface area contributed by atoms with Gasteiger partial charge < -0.3 is 10.4 Å². The molecule has 0 radical (unpaired) electrons. The third-order valence-corrected chi connectivity index (χ3v) is 6.04. The highest BCUT2D eigenvalue weighted by Gasteiger charge is 2.38. The molecule has 0 spiro atoms. The zero-order chi connectivity index (χ0) is 17.4. The van der Waals surface area contributed by atoms with E-state index in [1.54, 1.807) is 5.51 Å². The Bertz CT molecular complexity index is 650. The van der Waals surface area contributed by atoms with E-state index in [2.05, 4.69) is 20.5 Å². The third kappa shape index (κ3) is 4.30. The number of carbonyl (C=O) groups is 2. The molecule has 0 atom stereocenters. The zero-order valence-electron chi connectivity index (χ0n) is 14.1. The smallest absolute Gasteiger partial charge is 0.320 e. The molecule has 4 rings (SSSR count). The van der Waals surface area contributed by atoms with E-state index in [4.69, 9.17) is 5.11 Å². The van der Waals surface area contributed by atoms with Crippen LogP contribution in [0.5, 0.6) is 0 Å². The van der Waals surface area contributed by atoms with Crippen LogP contribution >= 0.6 is 11.3 Å². The van der Waals surface area contributed by atoms with E-state index in [0.29, 0.717) is 11.8 Å². The molecule has 1 heterocycles. The second kappa shape index (κ2) is 6.92. The largest absolute Gasteiger partial charge is 0.480 e. The molecule has 1 aromatic heterocycles. The number of hydrogen-bond acceptors (Lipinski definition) is 5. The number of urea groups is 1. The number of anilines is 1. The average molecular weight is 364 g/mol. The van der Waals surface area contributed by atoms with Gasteiger partial charge in [-0.15, -0.1) is 11.3 Å². The minimum Gasteiger partial charge on any atom is -0.480 e. The van der Waals surface area contributed by atoms with Crippen molar-refractivity contribution in [1.29, 1.82) is 0 Å². The molecule has 7 nitrogen and oxygen atoms in total. The second-order valence-electron chi connectivity index (χ2n) is 7.53. The van der Waals surface area contributed by atoms with Crippen molar-refractivity contribution in [3.05, 3.63) is 11.2 Å². The summed E-state index contributed by atoms with van der Waals surface area (Å²) in [4.78, 5) is 29.7. The van der Waals surface area contributed by atoms with Gasteiger partial charge in [0, 0.05) is 24.5 Å². The Morgan fingerprint density at radius 2 is 2.04 bits per heavy atom. The first kappa shape index (κ1) is 16.8. The summed E-state index contributed by atoms with van der Waals surface area (Å²) in [5.74, 6) is 0.413. The predicted molar refractivity (Wildman–Crippen MR) is 95.0 cm³/mol. The molecule has 25 heavy (non-hydrogen) atoms. The number of nitrogens with one attached hydrogen (secondary N) is 2. The van der Waals surface area contributed by atoms with E-state index in [0.717, 1.165) is 42.9 Å². The minimum atomic E-state index is -0.771. The van der Waals surface area contributed by atoms with Gasteiger partial charge in [-0.2, -0.15) is 0 Å². The molecule has 8 heteroatoms. The molecule has 0 unspecified atom stereocenters. The molecular weight excluding hydrogens is 340 g/mol. The van der Waals surface area contributed by atoms with Gasteiger partial charge >= 0.3 is 12.0 Å². The maximum absolute atomic E-state index is 12.2. The quantitative estimate of drug-likeness (QED) is 0.659. The lowest BCUT2D eigenvalue weighted by molar-refractivity contribution is -0.139. The lowest BCUT2D eigenvalue weighted by atomic mass is 9.85. The molecule has 3 aliphatic carbocycles. The lowest BCUT2D eigenvalue weighted by Gasteiger charge is -2.42. The number of aromatic nitrogens is 1. The normalized spacial score (nSPS) is 25.5. The van der Waals surface area contributed by atoms with Crippen LogP contribution in [0.15, 0.2) is 5.51 Å². The highest BCUT2D eigenvalue weighted by atomic mass is 32.1. The summed E-state index contributed by atoms with van der Waals surface area (Å²) >= 11 is 1.47. The SMILES string of the molecule is O=C(O)CN(CC1CC1)C1CC(NC(=O)Nc2scnc2C2CC2)C1. The molecular formula is C17H24N4O3S. The van der Waals surface area contributed by atoms with E-state index < -0.39 is 5.97 Å². The zero-order valence-corrected chi connectivity index (χ0v) is 14.9. The van der Waals surface area contributed by atoms with Crippen LogP contribution in [-0.2, 0) is 4.79 Å². The van der Waals surface area contributed by atoms with Gasteiger partial charge in [0.2, 0.25) is 0 Å². The Balaban J connectivity index is 1.23. The molecule has 2 amide bonds. The first-order chi connectivity index (χ1) is 12.1. The Labute approximate surface area is 150 Å². The summed E-state index contributed by atoms with van der Waals surface area (Å²) in [6.07, 6.45) is 6.39. The van der Waals surface area contributed by atoms with Gasteiger partial charge in [-0.25, -0.2) is 9.78 Å². The molecule has 0 aromatic carbocycles. The fourth-order valence-corrected chi connectivity index (χ4v) is 4.24. The number of rotatable bonds is 8. The average Bonchev–Trinajstić information content (AvgIpc) is 3.43. The molecule has 0 bridgehead atoms. The number of amides is 2. The summed E-state index contributed by atoms with van der Waals surface area (Å²) in [7, 11) is 0. The molecule has 3 N–H and O–H groups in total. The second-order valence-corrected chi connectivity index (χ2v) is 8.38. The summed E-state index contributed by atoms with van der Waals surface area (Å²) in [6.45, 7) is 0.979. The van der Waals surface area contributed by atoms with E-state index in [-0.39, 0.29) is 24.7 Å². The molecule has 3 aliphatic rings. The predicted octanol–water partition coefficient (Wildman–Crippen LogP) is 2.47. The molecule has 136 valence electrons. The summed E-state index contributed by atoms with van der Waals surface area (Å²) in [6, 6.07) is 0.215. The Hall–Kier alpha value is -1.67. The molecule has 3 fully saturated rings. The van der Waals surface area contributed by atoms with Crippen LogP contribution in [0.3, 0.4) is 0 Å². The van der Waals surface area contributed by atoms with Gasteiger partial charge in [-0.1, -0.05) is 0 Å². The van der Waals surface area contributed by atoms with Gasteiger partial charge in [0.05, 0.1) is 17.7 Å². The number of hydrogen-bond donors (Lipinski definition) is 3. The summed E-state index contributed by atoms with van der Waals surface area (Å²) < 4.78 is 0. The number of carbonyl (C=O) groups excluding carboxylic acids is 1. The van der Waals surface area contributed by atoms with Crippen molar-refractivity contribution in [2.45, 2.75) is 56.5 Å². The molecule has 0 saturated heterocycles. The topological polar surface area (TPSA) is 94.6 Å². The first-order valence-electron chi connectivity index (χ1n) is 9.05. The van der Waals surface area contributed by atoms with Crippen molar-refractivity contribution in [2.24, 2.45) is 5.92 Å². The number of aliphatic carboxylic acids is 1. The molecule has 1 aromatic rings. The van der Waals surface area contributed by atoms with Crippen LogP contribution in [0.4, 0.5) is 9.80 Å². The van der Waals surface area contributed by atoms with Crippen molar-refractivity contribution in [3.8, 4) is 0 Å². The van der Waals surface area contributed by atoms with Crippen LogP contribution in [0.25, 0.3) is 0 Å². The maximum Gasteiger partial charge on any atom is 0.320 e. The van der Waals surface area contributed by atoms with Crippen LogP contribution in [-0.4, -0.2) is 52.2 Å². The lowest BCUT2D eigenvalue weighted by Crippen LogP contribution is -2.55. The van der Waals surface area contributed by atoms with Crippen molar-refractivity contribution in [3.63, 3.8) is 0 Å². The van der Waals surface area contributed by atoms with Crippen molar-refractivity contribution < 1.29 is 14.7 Å². The van der Waals surface area contributed by atoms with Crippen molar-refractivity contribution in [1.82, 2.24) is 15.2 Å². The monoisotopic (exact) mass is 364 g/mol. The number of carboxylic acids is 1. The van der Waals surface area contributed by atoms with Crippen LogP contribution < -0.4 is 10.6 Å². The van der Waals surface area contributed by atoms with Gasteiger partial charge in [0.25, 0.3) is 0 Å². The third-order valence-electron chi connectivity index (χ3n) is 5.28. The van der Waals surface area contributed by atoms with Crippen LogP contribution in [0.2, 0.25) is 0 Å². The highest BCUT2D eigenvalue weighted by molar-refractivity contribution is 7.14. The molecule has 3 saturated carbocycles. The van der Waals surface area contributed by atoms with Gasteiger partial charge in [-0.05, 0) is 44.4 Å². The van der Waals surface area contributed by atoms with E-state index in [9.17, 15) is 9.59 Å². The standard InChI is InChI=1S/C17H24N4O3S/c22-14(23)8-21(7-10-1-2-10)13-5-12(6-13)19-17(24)20-16-15(11-3-4-11)18-9-25-16/h9-13H,1-8H2,(H,22,23)(H2,19,20,24). The summed E-state index contributed by atoms with van der Waals surface area (Å²) in [5.41, 5.74) is 2.80. The Morgan fingerprint density at radius 1 is 1.28 bits per heavy atom. The summed E-state index contributed by atoms with van der Waals surface area (Å²) in [5, 5.41) is 15.9. The van der Waals surface area contributed by atoms with E-state index >= 15 is 0 Å². The fraction of sp³-hybridized carbons (Fsp3) is 0.706.